The molecular formula is C17H30N2O4. The zero-order chi connectivity index (χ0) is 17.6. The number of hydrogen-bond donors (Lipinski definition) is 2. The molecule has 0 bridgehead atoms. The smallest absolute Gasteiger partial charge is 0.308 e. The molecule has 132 valence electrons. The van der Waals surface area contributed by atoms with Crippen LogP contribution in [0.5, 0.6) is 0 Å². The number of amides is 2. The maximum atomic E-state index is 12.4. The highest BCUT2D eigenvalue weighted by Crippen LogP contribution is 2.24. The first kappa shape index (κ1) is 19.5. The van der Waals surface area contributed by atoms with Crippen molar-refractivity contribution >= 4 is 17.8 Å². The summed E-state index contributed by atoms with van der Waals surface area (Å²) in [5.74, 6) is -1.69. The number of nitrogens with one attached hydrogen (secondary N) is 1. The highest BCUT2D eigenvalue weighted by Gasteiger charge is 2.35. The fourth-order valence-electron chi connectivity index (χ4n) is 2.90. The van der Waals surface area contributed by atoms with E-state index in [1.807, 2.05) is 27.7 Å². The molecule has 1 heterocycles. The van der Waals surface area contributed by atoms with E-state index < -0.39 is 17.9 Å². The number of aliphatic carboxylic acids is 1. The normalized spacial score (nSPS) is 19.5. The molecule has 1 fully saturated rings. The van der Waals surface area contributed by atoms with Gasteiger partial charge in [-0.05, 0) is 24.7 Å². The highest BCUT2D eigenvalue weighted by atomic mass is 16.4. The van der Waals surface area contributed by atoms with Crippen LogP contribution in [0.25, 0.3) is 0 Å². The van der Waals surface area contributed by atoms with Crippen LogP contribution in [0.2, 0.25) is 0 Å². The standard InChI is InChI=1S/C17H30N2O4/c1-5-7-12(16(22)23)11-18-15(21)13-8-6-9-19(13)14(20)10-17(2,3)4/h12-13H,5-11H2,1-4H3,(H,18,21)(H,22,23). The lowest BCUT2D eigenvalue weighted by molar-refractivity contribution is -0.143. The fraction of sp³-hybridized carbons (Fsp3) is 0.824. The molecule has 2 N–H and O–H groups in total. The predicted octanol–water partition coefficient (Wildman–Crippen LogP) is 2.03. The third-order valence-corrected chi connectivity index (χ3v) is 4.07. The molecule has 1 aliphatic heterocycles. The first-order valence-electron chi connectivity index (χ1n) is 8.45. The largest absolute Gasteiger partial charge is 0.481 e. The molecule has 0 aromatic rings. The van der Waals surface area contributed by atoms with Crippen LogP contribution in [0.15, 0.2) is 0 Å². The van der Waals surface area contributed by atoms with E-state index in [0.717, 1.165) is 12.8 Å². The molecule has 23 heavy (non-hydrogen) atoms. The van der Waals surface area contributed by atoms with Gasteiger partial charge < -0.3 is 15.3 Å². The summed E-state index contributed by atoms with van der Waals surface area (Å²) in [4.78, 5) is 37.5. The molecule has 1 rings (SSSR count). The summed E-state index contributed by atoms with van der Waals surface area (Å²) in [5, 5.41) is 11.9. The molecular weight excluding hydrogens is 296 g/mol. The number of hydrogen-bond acceptors (Lipinski definition) is 3. The van der Waals surface area contributed by atoms with E-state index in [2.05, 4.69) is 5.32 Å². The van der Waals surface area contributed by atoms with Crippen molar-refractivity contribution in [3.63, 3.8) is 0 Å². The van der Waals surface area contributed by atoms with E-state index in [4.69, 9.17) is 5.11 Å². The molecule has 1 saturated heterocycles. The van der Waals surface area contributed by atoms with Gasteiger partial charge in [0.05, 0.1) is 5.92 Å². The summed E-state index contributed by atoms with van der Waals surface area (Å²) in [6, 6.07) is -0.457. The molecule has 0 radical (unpaired) electrons. The number of carbonyl (C=O) groups excluding carboxylic acids is 2. The first-order valence-corrected chi connectivity index (χ1v) is 8.45. The van der Waals surface area contributed by atoms with Gasteiger partial charge in [-0.3, -0.25) is 14.4 Å². The second-order valence-corrected chi connectivity index (χ2v) is 7.55. The Morgan fingerprint density at radius 1 is 1.30 bits per heavy atom. The molecule has 2 atom stereocenters. The summed E-state index contributed by atoms with van der Waals surface area (Å²) < 4.78 is 0. The Balaban J connectivity index is 2.60. The van der Waals surface area contributed by atoms with E-state index in [1.54, 1.807) is 4.90 Å². The summed E-state index contributed by atoms with van der Waals surface area (Å²) in [7, 11) is 0. The Labute approximate surface area is 138 Å². The average molecular weight is 326 g/mol. The average Bonchev–Trinajstić information content (AvgIpc) is 2.90. The Hall–Kier alpha value is -1.59. The van der Waals surface area contributed by atoms with Crippen LogP contribution in [0.4, 0.5) is 0 Å². The summed E-state index contributed by atoms with van der Waals surface area (Å²) >= 11 is 0. The van der Waals surface area contributed by atoms with Crippen molar-refractivity contribution in [1.29, 1.82) is 0 Å². The third-order valence-electron chi connectivity index (χ3n) is 4.07. The maximum absolute atomic E-state index is 12.4. The Morgan fingerprint density at radius 3 is 2.48 bits per heavy atom. The van der Waals surface area contributed by atoms with E-state index in [9.17, 15) is 14.4 Å². The molecule has 0 saturated carbocycles. The molecule has 2 unspecified atom stereocenters. The number of nitrogens with zero attached hydrogens (tertiary/aromatic N) is 1. The van der Waals surface area contributed by atoms with Crippen molar-refractivity contribution in [3.05, 3.63) is 0 Å². The second-order valence-electron chi connectivity index (χ2n) is 7.55. The molecule has 0 spiro atoms. The van der Waals surface area contributed by atoms with Gasteiger partial charge >= 0.3 is 5.97 Å². The molecule has 2 amide bonds. The van der Waals surface area contributed by atoms with Gasteiger partial charge in [0.25, 0.3) is 0 Å². The van der Waals surface area contributed by atoms with Gasteiger partial charge in [-0.1, -0.05) is 34.1 Å². The number of carboxylic acids is 1. The van der Waals surface area contributed by atoms with Gasteiger partial charge in [0.2, 0.25) is 11.8 Å². The van der Waals surface area contributed by atoms with Crippen LogP contribution in [-0.4, -0.2) is 46.9 Å². The maximum Gasteiger partial charge on any atom is 0.308 e. The molecule has 1 aliphatic rings. The summed E-state index contributed by atoms with van der Waals surface area (Å²) in [5.41, 5.74) is -0.115. The Bertz CT molecular complexity index is 442. The van der Waals surface area contributed by atoms with Crippen molar-refractivity contribution in [3.8, 4) is 0 Å². The van der Waals surface area contributed by atoms with Gasteiger partial charge in [-0.2, -0.15) is 0 Å². The zero-order valence-corrected chi connectivity index (χ0v) is 14.7. The molecule has 6 heteroatoms. The lowest BCUT2D eigenvalue weighted by Crippen LogP contribution is -2.48. The van der Waals surface area contributed by atoms with Gasteiger partial charge in [0, 0.05) is 19.5 Å². The van der Waals surface area contributed by atoms with E-state index in [1.165, 1.54) is 0 Å². The summed E-state index contributed by atoms with van der Waals surface area (Å²) in [6.07, 6.45) is 3.16. The van der Waals surface area contributed by atoms with Gasteiger partial charge in [-0.25, -0.2) is 0 Å². The zero-order valence-electron chi connectivity index (χ0n) is 14.7. The number of rotatable bonds is 7. The van der Waals surface area contributed by atoms with Gasteiger partial charge in [0.1, 0.15) is 6.04 Å². The minimum Gasteiger partial charge on any atom is -0.481 e. The lowest BCUT2D eigenvalue weighted by Gasteiger charge is -2.27. The van der Waals surface area contributed by atoms with Crippen LogP contribution in [0, 0.1) is 11.3 Å². The number of carboxylic acid groups (broad SMARTS) is 1. The predicted molar refractivity (Wildman–Crippen MR) is 87.9 cm³/mol. The number of likely N-dealkylation sites (tertiary alicyclic amines) is 1. The quantitative estimate of drug-likeness (QED) is 0.749. The van der Waals surface area contributed by atoms with Crippen molar-refractivity contribution in [2.75, 3.05) is 13.1 Å². The van der Waals surface area contributed by atoms with Crippen LogP contribution >= 0.6 is 0 Å². The van der Waals surface area contributed by atoms with Crippen molar-refractivity contribution in [2.24, 2.45) is 11.3 Å². The Kier molecular flexibility index (Phi) is 7.03. The molecule has 0 aliphatic carbocycles. The molecule has 0 aromatic carbocycles. The fourth-order valence-corrected chi connectivity index (χ4v) is 2.90. The summed E-state index contributed by atoms with van der Waals surface area (Å²) in [6.45, 7) is 8.64. The molecule has 0 aromatic heterocycles. The van der Waals surface area contributed by atoms with E-state index in [-0.39, 0.29) is 23.8 Å². The third kappa shape index (κ3) is 6.20. The lowest BCUT2D eigenvalue weighted by atomic mass is 9.91. The van der Waals surface area contributed by atoms with Crippen LogP contribution in [-0.2, 0) is 14.4 Å². The SMILES string of the molecule is CCCC(CNC(=O)C1CCCN1C(=O)CC(C)(C)C)C(=O)O. The minimum atomic E-state index is -0.890. The topological polar surface area (TPSA) is 86.7 Å². The monoisotopic (exact) mass is 326 g/mol. The van der Waals surface area contributed by atoms with Crippen LogP contribution in [0.3, 0.4) is 0 Å². The van der Waals surface area contributed by atoms with E-state index >= 15 is 0 Å². The molecule has 6 nitrogen and oxygen atoms in total. The first-order chi connectivity index (χ1) is 10.7. The van der Waals surface area contributed by atoms with E-state index in [0.29, 0.717) is 25.8 Å². The van der Waals surface area contributed by atoms with Gasteiger partial charge in [-0.15, -0.1) is 0 Å². The minimum absolute atomic E-state index is 0.00140. The van der Waals surface area contributed by atoms with Crippen molar-refractivity contribution < 1.29 is 19.5 Å². The Morgan fingerprint density at radius 2 is 1.96 bits per heavy atom. The van der Waals surface area contributed by atoms with Crippen molar-refractivity contribution in [2.45, 2.75) is 65.8 Å². The van der Waals surface area contributed by atoms with Crippen LogP contribution < -0.4 is 5.32 Å². The highest BCUT2D eigenvalue weighted by molar-refractivity contribution is 5.88. The number of carbonyl (C=O) groups is 3. The van der Waals surface area contributed by atoms with Gasteiger partial charge in [0.15, 0.2) is 0 Å². The second kappa shape index (κ2) is 8.31. The van der Waals surface area contributed by atoms with Crippen LogP contribution in [0.1, 0.15) is 59.8 Å². The van der Waals surface area contributed by atoms with Crippen molar-refractivity contribution in [1.82, 2.24) is 10.2 Å².